The summed E-state index contributed by atoms with van der Waals surface area (Å²) < 4.78 is 0. The molecule has 4 N–H and O–H groups in total. The third kappa shape index (κ3) is 2.44. The molecule has 0 atom stereocenters. The van der Waals surface area contributed by atoms with Gasteiger partial charge >= 0.3 is 6.03 Å². The summed E-state index contributed by atoms with van der Waals surface area (Å²) in [5.41, 5.74) is 6.63. The van der Waals surface area contributed by atoms with E-state index in [0.717, 1.165) is 0 Å². The van der Waals surface area contributed by atoms with Crippen LogP contribution >= 0.6 is 0 Å². The van der Waals surface area contributed by atoms with E-state index in [4.69, 9.17) is 5.73 Å². The molecular formula is C12H13N5O2. The number of aryl methyl sites for hydroxylation is 1. The minimum absolute atomic E-state index is 0.112. The van der Waals surface area contributed by atoms with Gasteiger partial charge in [0.2, 0.25) is 0 Å². The lowest BCUT2D eigenvalue weighted by molar-refractivity contribution is 0.259. The zero-order valence-corrected chi connectivity index (χ0v) is 10.5. The molecule has 0 bridgehead atoms. The number of nitrogens with zero attached hydrogens (tertiary/aromatic N) is 2. The molecule has 2 aromatic rings. The first-order valence-corrected chi connectivity index (χ1v) is 5.58. The molecule has 7 heteroatoms. The predicted molar refractivity (Wildman–Crippen MR) is 70.8 cm³/mol. The first-order chi connectivity index (χ1) is 9.00. The van der Waals surface area contributed by atoms with Crippen LogP contribution in [-0.4, -0.2) is 21.0 Å². The molecule has 0 aromatic carbocycles. The van der Waals surface area contributed by atoms with E-state index in [-0.39, 0.29) is 5.69 Å². The molecule has 0 unspecified atom stereocenters. The van der Waals surface area contributed by atoms with Crippen molar-refractivity contribution in [2.24, 2.45) is 5.73 Å². The van der Waals surface area contributed by atoms with Crippen molar-refractivity contribution >= 4 is 11.7 Å². The molecule has 0 spiro atoms. The molecule has 2 rings (SSSR count). The topological polar surface area (TPSA) is 114 Å². The fourth-order valence-corrected chi connectivity index (χ4v) is 1.91. The molecule has 0 aliphatic rings. The van der Waals surface area contributed by atoms with Gasteiger partial charge in [-0.2, -0.15) is 0 Å². The summed E-state index contributed by atoms with van der Waals surface area (Å²) in [4.78, 5) is 33.7. The van der Waals surface area contributed by atoms with E-state index < -0.39 is 11.6 Å². The van der Waals surface area contributed by atoms with Gasteiger partial charge in [-0.3, -0.25) is 4.79 Å². The number of urea groups is 1. The number of hydrogen-bond donors (Lipinski definition) is 3. The van der Waals surface area contributed by atoms with Crippen molar-refractivity contribution in [2.45, 2.75) is 13.8 Å². The Kier molecular flexibility index (Phi) is 3.28. The number of primary amides is 1. The van der Waals surface area contributed by atoms with Gasteiger partial charge in [-0.15, -0.1) is 0 Å². The predicted octanol–water partition coefficient (Wildman–Crippen LogP) is 0.939. The van der Waals surface area contributed by atoms with Crippen LogP contribution in [0.4, 0.5) is 10.5 Å². The summed E-state index contributed by atoms with van der Waals surface area (Å²) in [6.45, 7) is 3.45. The summed E-state index contributed by atoms with van der Waals surface area (Å²) in [7, 11) is 0. The third-order valence-electron chi connectivity index (χ3n) is 2.69. The van der Waals surface area contributed by atoms with E-state index in [0.29, 0.717) is 22.6 Å². The van der Waals surface area contributed by atoms with Crippen LogP contribution in [0, 0.1) is 13.8 Å². The number of aromatic amines is 1. The van der Waals surface area contributed by atoms with Crippen LogP contribution in [0.1, 0.15) is 11.3 Å². The fraction of sp³-hybridized carbons (Fsp3) is 0.167. The number of carbonyl (C=O) groups is 1. The Hall–Kier alpha value is -2.70. The highest BCUT2D eigenvalue weighted by atomic mass is 16.2. The molecule has 2 amide bonds. The highest BCUT2D eigenvalue weighted by Crippen LogP contribution is 2.25. The summed E-state index contributed by atoms with van der Waals surface area (Å²) >= 11 is 0. The Bertz CT molecular complexity index is 679. The molecule has 0 fully saturated rings. The Morgan fingerprint density at radius 2 is 1.95 bits per heavy atom. The van der Waals surface area contributed by atoms with Gasteiger partial charge in [0.15, 0.2) is 5.82 Å². The maximum Gasteiger partial charge on any atom is 0.316 e. The van der Waals surface area contributed by atoms with Gasteiger partial charge in [0.05, 0.1) is 0 Å². The third-order valence-corrected chi connectivity index (χ3v) is 2.69. The molecule has 0 aliphatic heterocycles. The van der Waals surface area contributed by atoms with Crippen molar-refractivity contribution in [1.29, 1.82) is 0 Å². The maximum atomic E-state index is 11.8. The van der Waals surface area contributed by atoms with E-state index in [1.54, 1.807) is 32.3 Å². The number of anilines is 1. The van der Waals surface area contributed by atoms with E-state index in [2.05, 4.69) is 20.3 Å². The lowest BCUT2D eigenvalue weighted by Gasteiger charge is -2.12. The summed E-state index contributed by atoms with van der Waals surface area (Å²) in [5.74, 6) is 0.473. The molecule has 0 saturated carbocycles. The summed E-state index contributed by atoms with van der Waals surface area (Å²) in [6.07, 6.45) is 3.21. The minimum atomic E-state index is -0.794. The van der Waals surface area contributed by atoms with Gasteiger partial charge in [0, 0.05) is 23.7 Å². The summed E-state index contributed by atoms with van der Waals surface area (Å²) in [6, 6.07) is 0.903. The SMILES string of the molecule is Cc1[nH]c(=O)c(NC(N)=O)c(C)c1-c1ncccn1. The number of amides is 2. The van der Waals surface area contributed by atoms with Crippen molar-refractivity contribution in [3.8, 4) is 11.4 Å². The standard InChI is InChI=1S/C12H13N5O2/c1-6-8(10-14-4-3-5-15-10)7(2)16-11(18)9(6)17-12(13)19/h3-5H,1-2H3,(H,16,18)(H3,13,17,19). The van der Waals surface area contributed by atoms with Crippen LogP contribution in [0.5, 0.6) is 0 Å². The molecule has 7 nitrogen and oxygen atoms in total. The van der Waals surface area contributed by atoms with Crippen molar-refractivity contribution in [2.75, 3.05) is 5.32 Å². The Morgan fingerprint density at radius 1 is 1.32 bits per heavy atom. The van der Waals surface area contributed by atoms with Gasteiger partial charge in [0.1, 0.15) is 5.69 Å². The van der Waals surface area contributed by atoms with Gasteiger partial charge < -0.3 is 16.0 Å². The average molecular weight is 259 g/mol. The monoisotopic (exact) mass is 259 g/mol. The number of carbonyl (C=O) groups excluding carboxylic acids is 1. The molecular weight excluding hydrogens is 246 g/mol. The van der Waals surface area contributed by atoms with Gasteiger partial charge in [-0.1, -0.05) is 0 Å². The molecule has 2 heterocycles. The first-order valence-electron chi connectivity index (χ1n) is 5.58. The van der Waals surface area contributed by atoms with E-state index >= 15 is 0 Å². The number of hydrogen-bond acceptors (Lipinski definition) is 4. The van der Waals surface area contributed by atoms with Crippen LogP contribution < -0.4 is 16.6 Å². The number of nitrogens with two attached hydrogens (primary N) is 1. The van der Waals surface area contributed by atoms with Crippen molar-refractivity contribution < 1.29 is 4.79 Å². The molecule has 0 saturated heterocycles. The van der Waals surface area contributed by atoms with Crippen molar-refractivity contribution in [1.82, 2.24) is 15.0 Å². The fourth-order valence-electron chi connectivity index (χ4n) is 1.91. The largest absolute Gasteiger partial charge is 0.351 e. The van der Waals surface area contributed by atoms with Crippen LogP contribution in [-0.2, 0) is 0 Å². The number of nitrogens with one attached hydrogen (secondary N) is 2. The lowest BCUT2D eigenvalue weighted by Crippen LogP contribution is -2.26. The van der Waals surface area contributed by atoms with Crippen LogP contribution in [0.2, 0.25) is 0 Å². The smallest absolute Gasteiger partial charge is 0.316 e. The maximum absolute atomic E-state index is 11.8. The van der Waals surface area contributed by atoms with Crippen LogP contribution in [0.15, 0.2) is 23.3 Å². The van der Waals surface area contributed by atoms with E-state index in [1.165, 1.54) is 0 Å². The number of rotatable bonds is 2. The van der Waals surface area contributed by atoms with Gasteiger partial charge in [0.25, 0.3) is 5.56 Å². The molecule has 2 aromatic heterocycles. The normalized spacial score (nSPS) is 10.2. The second-order valence-corrected chi connectivity index (χ2v) is 4.02. The van der Waals surface area contributed by atoms with Crippen molar-refractivity contribution in [3.05, 3.63) is 40.1 Å². The van der Waals surface area contributed by atoms with Gasteiger partial charge in [-0.25, -0.2) is 14.8 Å². The number of pyridine rings is 1. The highest BCUT2D eigenvalue weighted by molar-refractivity contribution is 5.89. The zero-order chi connectivity index (χ0) is 14.0. The molecule has 98 valence electrons. The second kappa shape index (κ2) is 4.89. The van der Waals surface area contributed by atoms with E-state index in [9.17, 15) is 9.59 Å². The van der Waals surface area contributed by atoms with Crippen LogP contribution in [0.3, 0.4) is 0 Å². The first kappa shape index (κ1) is 12.7. The second-order valence-electron chi connectivity index (χ2n) is 4.02. The Labute approximate surface area is 108 Å². The van der Waals surface area contributed by atoms with E-state index in [1.807, 2.05) is 0 Å². The quantitative estimate of drug-likeness (QED) is 0.744. The van der Waals surface area contributed by atoms with Crippen molar-refractivity contribution in [3.63, 3.8) is 0 Å². The molecule has 19 heavy (non-hydrogen) atoms. The number of H-pyrrole nitrogens is 1. The lowest BCUT2D eigenvalue weighted by atomic mass is 10.1. The van der Waals surface area contributed by atoms with Crippen LogP contribution in [0.25, 0.3) is 11.4 Å². The van der Waals surface area contributed by atoms with Gasteiger partial charge in [-0.05, 0) is 25.5 Å². The minimum Gasteiger partial charge on any atom is -0.351 e. The molecule has 0 aliphatic carbocycles. The highest BCUT2D eigenvalue weighted by Gasteiger charge is 2.16. The average Bonchev–Trinajstić information content (AvgIpc) is 2.35. The number of aromatic nitrogens is 3. The summed E-state index contributed by atoms with van der Waals surface area (Å²) in [5, 5.41) is 2.32. The Morgan fingerprint density at radius 3 is 2.53 bits per heavy atom. The molecule has 0 radical (unpaired) electrons. The Balaban J connectivity index is 2.69. The zero-order valence-electron chi connectivity index (χ0n) is 10.5.